The van der Waals surface area contributed by atoms with Gasteiger partial charge in [-0.15, -0.1) is 0 Å². The molecule has 1 aliphatic heterocycles. The molecule has 5 nitrogen and oxygen atoms in total. The Morgan fingerprint density at radius 3 is 2.76 bits per heavy atom. The van der Waals surface area contributed by atoms with E-state index in [1.165, 1.54) is 6.08 Å². The van der Waals surface area contributed by atoms with E-state index in [-0.39, 0.29) is 11.8 Å². The Hall–Kier alpha value is -2.40. The number of nitrogens with one attached hydrogen (secondary N) is 1. The number of hydrogen-bond donors (Lipinski definition) is 1. The number of nitrogens with zero attached hydrogens (tertiary/aromatic N) is 1. The second kappa shape index (κ2) is 5.54. The van der Waals surface area contributed by atoms with Crippen LogP contribution in [0.4, 0.5) is 0 Å². The topological polar surface area (TPSA) is 60.3 Å². The van der Waals surface area contributed by atoms with E-state index in [4.69, 9.17) is 4.74 Å². The SMILES string of the molecule is COCCCn1cc(C2=CC(=O)NC2=O)c2ccccc21. The van der Waals surface area contributed by atoms with Crippen LogP contribution in [0.1, 0.15) is 12.0 Å². The van der Waals surface area contributed by atoms with Crippen molar-refractivity contribution in [2.75, 3.05) is 13.7 Å². The summed E-state index contributed by atoms with van der Waals surface area (Å²) in [7, 11) is 1.68. The Kier molecular flexibility index (Phi) is 3.58. The molecular weight excluding hydrogens is 268 g/mol. The Bertz CT molecular complexity index is 743. The molecule has 3 rings (SSSR count). The lowest BCUT2D eigenvalue weighted by molar-refractivity contribution is -0.123. The summed E-state index contributed by atoms with van der Waals surface area (Å²) in [6.45, 7) is 1.49. The maximum Gasteiger partial charge on any atom is 0.258 e. The molecule has 0 unspecified atom stereocenters. The van der Waals surface area contributed by atoms with Gasteiger partial charge in [0.2, 0.25) is 0 Å². The molecule has 2 aromatic rings. The fourth-order valence-electron chi connectivity index (χ4n) is 2.64. The summed E-state index contributed by atoms with van der Waals surface area (Å²) < 4.78 is 7.18. The summed E-state index contributed by atoms with van der Waals surface area (Å²) in [6, 6.07) is 7.88. The Morgan fingerprint density at radius 2 is 2.05 bits per heavy atom. The highest BCUT2D eigenvalue weighted by Crippen LogP contribution is 2.29. The summed E-state index contributed by atoms with van der Waals surface area (Å²) in [5.41, 5.74) is 2.28. The number of benzene rings is 1. The van der Waals surface area contributed by atoms with Crippen LogP contribution in [-0.4, -0.2) is 30.1 Å². The van der Waals surface area contributed by atoms with Crippen molar-refractivity contribution in [2.45, 2.75) is 13.0 Å². The van der Waals surface area contributed by atoms with Crippen LogP contribution in [-0.2, 0) is 20.9 Å². The van der Waals surface area contributed by atoms with Gasteiger partial charge in [-0.1, -0.05) is 18.2 Å². The minimum Gasteiger partial charge on any atom is -0.385 e. The second-order valence-electron chi connectivity index (χ2n) is 4.98. The standard InChI is InChI=1S/C16H16N2O3/c1-21-8-4-7-18-10-13(11-5-2-3-6-14(11)18)12-9-15(19)17-16(12)20/h2-3,5-6,9-10H,4,7-8H2,1H3,(H,17,19,20). The number of ether oxygens (including phenoxy) is 1. The summed E-state index contributed by atoms with van der Waals surface area (Å²) in [6.07, 6.45) is 4.19. The van der Waals surface area contributed by atoms with Gasteiger partial charge in [0.15, 0.2) is 0 Å². The molecular formula is C16H16N2O3. The van der Waals surface area contributed by atoms with Gasteiger partial charge in [-0.25, -0.2) is 0 Å². The zero-order valence-corrected chi connectivity index (χ0v) is 11.8. The van der Waals surface area contributed by atoms with Gasteiger partial charge in [-0.05, 0) is 12.5 Å². The molecule has 0 atom stereocenters. The van der Waals surface area contributed by atoms with Crippen molar-refractivity contribution in [3.63, 3.8) is 0 Å². The zero-order valence-electron chi connectivity index (χ0n) is 11.8. The number of para-hydroxylation sites is 1. The summed E-state index contributed by atoms with van der Waals surface area (Å²) in [4.78, 5) is 23.2. The second-order valence-corrected chi connectivity index (χ2v) is 4.98. The third-order valence-corrected chi connectivity index (χ3v) is 3.58. The third kappa shape index (κ3) is 2.48. The van der Waals surface area contributed by atoms with Gasteiger partial charge in [0.05, 0.1) is 5.57 Å². The fourth-order valence-corrected chi connectivity index (χ4v) is 2.64. The van der Waals surface area contributed by atoms with Gasteiger partial charge >= 0.3 is 0 Å². The predicted octanol–water partition coefficient (Wildman–Crippen LogP) is 1.72. The van der Waals surface area contributed by atoms with Gasteiger partial charge < -0.3 is 9.30 Å². The van der Waals surface area contributed by atoms with E-state index in [0.717, 1.165) is 29.4 Å². The van der Waals surface area contributed by atoms with Gasteiger partial charge in [0.25, 0.3) is 11.8 Å². The molecule has 0 bridgehead atoms. The molecule has 2 heterocycles. The van der Waals surface area contributed by atoms with Crippen LogP contribution in [0.5, 0.6) is 0 Å². The number of aromatic nitrogens is 1. The van der Waals surface area contributed by atoms with Crippen molar-refractivity contribution in [1.82, 2.24) is 9.88 Å². The minimum atomic E-state index is -0.355. The first-order valence-corrected chi connectivity index (χ1v) is 6.85. The molecule has 108 valence electrons. The van der Waals surface area contributed by atoms with E-state index in [9.17, 15) is 9.59 Å². The fraction of sp³-hybridized carbons (Fsp3) is 0.250. The predicted molar refractivity (Wildman–Crippen MR) is 79.6 cm³/mol. The third-order valence-electron chi connectivity index (χ3n) is 3.58. The average Bonchev–Trinajstić information content (AvgIpc) is 3.00. The maximum absolute atomic E-state index is 11.9. The van der Waals surface area contributed by atoms with Crippen molar-refractivity contribution in [3.8, 4) is 0 Å². The number of carbonyl (C=O) groups excluding carboxylic acids is 2. The molecule has 1 aromatic heterocycles. The van der Waals surface area contributed by atoms with Gasteiger partial charge in [-0.3, -0.25) is 14.9 Å². The van der Waals surface area contributed by atoms with Crippen LogP contribution < -0.4 is 5.32 Å². The normalized spacial score (nSPS) is 14.6. The van der Waals surface area contributed by atoms with Gasteiger partial charge in [-0.2, -0.15) is 0 Å². The molecule has 0 fully saturated rings. The first-order chi connectivity index (χ1) is 10.2. The number of hydrogen-bond acceptors (Lipinski definition) is 3. The molecule has 0 saturated heterocycles. The molecule has 1 aliphatic rings. The van der Waals surface area contributed by atoms with Crippen LogP contribution in [0.2, 0.25) is 0 Å². The highest BCUT2D eigenvalue weighted by molar-refractivity contribution is 6.35. The Labute approximate surface area is 122 Å². The van der Waals surface area contributed by atoms with E-state index < -0.39 is 0 Å². The quantitative estimate of drug-likeness (QED) is 0.672. The first kappa shape index (κ1) is 13.6. The number of imide groups is 1. The van der Waals surface area contributed by atoms with Crippen molar-refractivity contribution in [1.29, 1.82) is 0 Å². The van der Waals surface area contributed by atoms with Crippen molar-refractivity contribution >= 4 is 28.3 Å². The summed E-state index contributed by atoms with van der Waals surface area (Å²) in [5, 5.41) is 3.27. The molecule has 0 saturated carbocycles. The van der Waals surface area contributed by atoms with Crippen molar-refractivity contribution < 1.29 is 14.3 Å². The van der Waals surface area contributed by atoms with Crippen molar-refractivity contribution in [2.24, 2.45) is 0 Å². The molecule has 0 aliphatic carbocycles. The first-order valence-electron chi connectivity index (χ1n) is 6.85. The number of aryl methyl sites for hydroxylation is 1. The average molecular weight is 284 g/mol. The highest BCUT2D eigenvalue weighted by Gasteiger charge is 2.25. The zero-order chi connectivity index (χ0) is 14.8. The molecule has 1 N–H and O–H groups in total. The largest absolute Gasteiger partial charge is 0.385 e. The van der Waals surface area contributed by atoms with Crippen LogP contribution >= 0.6 is 0 Å². The number of carbonyl (C=O) groups is 2. The van der Waals surface area contributed by atoms with E-state index >= 15 is 0 Å². The van der Waals surface area contributed by atoms with Crippen LogP contribution in [0.25, 0.3) is 16.5 Å². The van der Waals surface area contributed by atoms with Crippen LogP contribution in [0.15, 0.2) is 36.5 Å². The molecule has 21 heavy (non-hydrogen) atoms. The Balaban J connectivity index is 2.05. The molecule has 1 aromatic carbocycles. The van der Waals surface area contributed by atoms with Crippen LogP contribution in [0, 0.1) is 0 Å². The summed E-state index contributed by atoms with van der Waals surface area (Å²) >= 11 is 0. The van der Waals surface area contributed by atoms with E-state index in [1.54, 1.807) is 7.11 Å². The van der Waals surface area contributed by atoms with Crippen LogP contribution in [0.3, 0.4) is 0 Å². The van der Waals surface area contributed by atoms with E-state index in [0.29, 0.717) is 12.2 Å². The van der Waals surface area contributed by atoms with E-state index in [1.807, 2.05) is 30.5 Å². The number of rotatable bonds is 5. The Morgan fingerprint density at radius 1 is 1.24 bits per heavy atom. The smallest absolute Gasteiger partial charge is 0.258 e. The number of methoxy groups -OCH3 is 1. The number of amides is 2. The maximum atomic E-state index is 11.9. The van der Waals surface area contributed by atoms with E-state index in [2.05, 4.69) is 9.88 Å². The molecule has 5 heteroatoms. The van der Waals surface area contributed by atoms with Crippen molar-refractivity contribution in [3.05, 3.63) is 42.1 Å². The van der Waals surface area contributed by atoms with Gasteiger partial charge in [0, 0.05) is 49.0 Å². The number of fused-ring (bicyclic) bond motifs is 1. The molecule has 0 spiro atoms. The monoisotopic (exact) mass is 284 g/mol. The minimum absolute atomic E-state index is 0.334. The summed E-state index contributed by atoms with van der Waals surface area (Å²) in [5.74, 6) is -0.689. The van der Waals surface area contributed by atoms with Gasteiger partial charge in [0.1, 0.15) is 0 Å². The highest BCUT2D eigenvalue weighted by atomic mass is 16.5. The lowest BCUT2D eigenvalue weighted by Gasteiger charge is -2.04. The molecule has 0 radical (unpaired) electrons. The lowest BCUT2D eigenvalue weighted by Crippen LogP contribution is -2.21. The molecule has 2 amide bonds. The lowest BCUT2D eigenvalue weighted by atomic mass is 10.1.